The molecule has 1 unspecified atom stereocenters. The number of amides is 2. The maximum atomic E-state index is 11.9. The summed E-state index contributed by atoms with van der Waals surface area (Å²) in [6.07, 6.45) is -3.90. The second kappa shape index (κ2) is 6.03. The molecule has 5 nitrogen and oxygen atoms in total. The van der Waals surface area contributed by atoms with Crippen molar-refractivity contribution in [2.45, 2.75) is 25.6 Å². The van der Waals surface area contributed by atoms with Crippen LogP contribution >= 0.6 is 0 Å². The Labute approximate surface area is 103 Å². The highest BCUT2D eigenvalue weighted by molar-refractivity contribution is 5.89. The van der Waals surface area contributed by atoms with Crippen LogP contribution in [0.15, 0.2) is 0 Å². The second-order valence-corrected chi connectivity index (χ2v) is 4.02. The topological polar surface area (TPSA) is 61.4 Å². The molecule has 2 N–H and O–H groups in total. The molecular weight excluding hydrogens is 251 g/mol. The van der Waals surface area contributed by atoms with E-state index in [9.17, 15) is 22.8 Å². The van der Waals surface area contributed by atoms with Crippen LogP contribution in [-0.2, 0) is 9.59 Å². The smallest absolute Gasteiger partial charge is 0.353 e. The standard InChI is InChI=1S/C10H16F3N3O2/c1-2-7-9(18)15-3-4-16(7)8(17)5-14-6-10(11,12)13/h7,14H,2-6H2,1H3,(H,15,18). The number of piperazine rings is 1. The fraction of sp³-hybridized carbons (Fsp3) is 0.800. The largest absolute Gasteiger partial charge is 0.401 e. The molecule has 0 aromatic rings. The summed E-state index contributed by atoms with van der Waals surface area (Å²) in [5.41, 5.74) is 0. The average molecular weight is 267 g/mol. The van der Waals surface area contributed by atoms with Gasteiger partial charge in [-0.25, -0.2) is 0 Å². The monoisotopic (exact) mass is 267 g/mol. The van der Waals surface area contributed by atoms with E-state index in [0.717, 1.165) is 0 Å². The highest BCUT2D eigenvalue weighted by atomic mass is 19.4. The van der Waals surface area contributed by atoms with Crippen LogP contribution in [0.2, 0.25) is 0 Å². The first-order chi connectivity index (χ1) is 8.35. The molecule has 0 aromatic carbocycles. The van der Waals surface area contributed by atoms with Crippen LogP contribution < -0.4 is 10.6 Å². The predicted molar refractivity (Wildman–Crippen MR) is 57.7 cm³/mol. The van der Waals surface area contributed by atoms with Crippen LogP contribution in [0.1, 0.15) is 13.3 Å². The van der Waals surface area contributed by atoms with Gasteiger partial charge in [-0.3, -0.25) is 9.59 Å². The van der Waals surface area contributed by atoms with Gasteiger partial charge >= 0.3 is 6.18 Å². The minimum atomic E-state index is -4.34. The van der Waals surface area contributed by atoms with Crippen molar-refractivity contribution in [1.82, 2.24) is 15.5 Å². The van der Waals surface area contributed by atoms with Crippen molar-refractivity contribution in [3.63, 3.8) is 0 Å². The summed E-state index contributed by atoms with van der Waals surface area (Å²) >= 11 is 0. The maximum Gasteiger partial charge on any atom is 0.401 e. The Morgan fingerprint density at radius 2 is 2.22 bits per heavy atom. The quantitative estimate of drug-likeness (QED) is 0.746. The zero-order chi connectivity index (χ0) is 13.8. The lowest BCUT2D eigenvalue weighted by Gasteiger charge is -2.34. The van der Waals surface area contributed by atoms with Crippen molar-refractivity contribution in [3.8, 4) is 0 Å². The Kier molecular flexibility index (Phi) is 4.94. The molecule has 2 amide bonds. The highest BCUT2D eigenvalue weighted by Gasteiger charge is 2.32. The Morgan fingerprint density at radius 3 is 2.78 bits per heavy atom. The molecule has 18 heavy (non-hydrogen) atoms. The van der Waals surface area contributed by atoms with E-state index in [1.54, 1.807) is 6.92 Å². The predicted octanol–water partition coefficient (Wildman–Crippen LogP) is -0.125. The Hall–Kier alpha value is -1.31. The van der Waals surface area contributed by atoms with E-state index in [4.69, 9.17) is 0 Å². The second-order valence-electron chi connectivity index (χ2n) is 4.02. The number of hydrogen-bond acceptors (Lipinski definition) is 3. The van der Waals surface area contributed by atoms with E-state index in [2.05, 4.69) is 5.32 Å². The number of nitrogens with one attached hydrogen (secondary N) is 2. The molecule has 8 heteroatoms. The van der Waals surface area contributed by atoms with Crippen molar-refractivity contribution in [3.05, 3.63) is 0 Å². The number of rotatable bonds is 4. The van der Waals surface area contributed by atoms with Crippen LogP contribution in [0.4, 0.5) is 13.2 Å². The number of halogens is 3. The van der Waals surface area contributed by atoms with Crippen LogP contribution in [0, 0.1) is 0 Å². The van der Waals surface area contributed by atoms with Gasteiger partial charge in [-0.2, -0.15) is 13.2 Å². The third-order valence-electron chi connectivity index (χ3n) is 2.64. The van der Waals surface area contributed by atoms with Crippen molar-refractivity contribution < 1.29 is 22.8 Å². The first-order valence-corrected chi connectivity index (χ1v) is 5.70. The van der Waals surface area contributed by atoms with E-state index in [0.29, 0.717) is 19.5 Å². The van der Waals surface area contributed by atoms with Crippen LogP contribution in [0.5, 0.6) is 0 Å². The van der Waals surface area contributed by atoms with E-state index in [1.807, 2.05) is 5.32 Å². The Bertz CT molecular complexity index is 320. The normalized spacial score (nSPS) is 20.8. The summed E-state index contributed by atoms with van der Waals surface area (Å²) in [6, 6.07) is -0.584. The molecule has 1 saturated heterocycles. The molecule has 1 aliphatic rings. The van der Waals surface area contributed by atoms with Gasteiger partial charge in [-0.05, 0) is 6.42 Å². The lowest BCUT2D eigenvalue weighted by molar-refractivity contribution is -0.144. The first-order valence-electron chi connectivity index (χ1n) is 5.70. The highest BCUT2D eigenvalue weighted by Crippen LogP contribution is 2.12. The maximum absolute atomic E-state index is 11.9. The molecule has 1 aliphatic heterocycles. The van der Waals surface area contributed by atoms with Gasteiger partial charge in [0.15, 0.2) is 0 Å². The molecule has 0 radical (unpaired) electrons. The molecule has 1 atom stereocenters. The fourth-order valence-electron chi connectivity index (χ4n) is 1.83. The number of hydrogen-bond donors (Lipinski definition) is 2. The van der Waals surface area contributed by atoms with Gasteiger partial charge < -0.3 is 15.5 Å². The van der Waals surface area contributed by atoms with Crippen molar-refractivity contribution >= 4 is 11.8 Å². The molecule has 0 saturated carbocycles. The lowest BCUT2D eigenvalue weighted by atomic mass is 10.1. The summed E-state index contributed by atoms with van der Waals surface area (Å²) in [5, 5.41) is 4.65. The van der Waals surface area contributed by atoms with E-state index < -0.39 is 31.2 Å². The lowest BCUT2D eigenvalue weighted by Crippen LogP contribution is -2.58. The summed E-state index contributed by atoms with van der Waals surface area (Å²) < 4.78 is 35.7. The van der Waals surface area contributed by atoms with Crippen molar-refractivity contribution in [2.75, 3.05) is 26.2 Å². The molecule has 1 fully saturated rings. The Balaban J connectivity index is 2.47. The minimum absolute atomic E-state index is 0.257. The Morgan fingerprint density at radius 1 is 1.56 bits per heavy atom. The SMILES string of the molecule is CCC1C(=O)NCCN1C(=O)CNCC(F)(F)F. The number of carbonyl (C=O) groups excluding carboxylic acids is 2. The van der Waals surface area contributed by atoms with Gasteiger partial charge in [0.25, 0.3) is 0 Å². The molecule has 0 aliphatic carbocycles. The third-order valence-corrected chi connectivity index (χ3v) is 2.64. The van der Waals surface area contributed by atoms with Gasteiger partial charge in [0, 0.05) is 13.1 Å². The molecule has 0 spiro atoms. The van der Waals surface area contributed by atoms with Crippen molar-refractivity contribution in [1.29, 1.82) is 0 Å². The average Bonchev–Trinajstić information content (AvgIpc) is 2.26. The fourth-order valence-corrected chi connectivity index (χ4v) is 1.83. The van der Waals surface area contributed by atoms with E-state index >= 15 is 0 Å². The molecule has 104 valence electrons. The number of alkyl halides is 3. The molecule has 1 rings (SSSR count). The van der Waals surface area contributed by atoms with E-state index in [1.165, 1.54) is 4.90 Å². The van der Waals surface area contributed by atoms with Crippen LogP contribution in [0.3, 0.4) is 0 Å². The molecular formula is C10H16F3N3O2. The minimum Gasteiger partial charge on any atom is -0.353 e. The zero-order valence-corrected chi connectivity index (χ0v) is 10.0. The molecule has 0 bridgehead atoms. The zero-order valence-electron chi connectivity index (χ0n) is 10.0. The summed E-state index contributed by atoms with van der Waals surface area (Å²) in [6.45, 7) is 0.787. The van der Waals surface area contributed by atoms with Gasteiger partial charge in [0.1, 0.15) is 6.04 Å². The third kappa shape index (κ3) is 4.17. The van der Waals surface area contributed by atoms with Crippen LogP contribution in [-0.4, -0.2) is 55.1 Å². The summed E-state index contributed by atoms with van der Waals surface area (Å²) in [4.78, 5) is 24.5. The van der Waals surface area contributed by atoms with Gasteiger partial charge in [-0.15, -0.1) is 0 Å². The summed E-state index contributed by atoms with van der Waals surface area (Å²) in [7, 11) is 0. The molecule has 0 aromatic heterocycles. The first kappa shape index (κ1) is 14.7. The number of carbonyl (C=O) groups is 2. The summed E-state index contributed by atoms with van der Waals surface area (Å²) in [5.74, 6) is -0.742. The number of nitrogens with zero attached hydrogens (tertiary/aromatic N) is 1. The van der Waals surface area contributed by atoms with Gasteiger partial charge in [0.2, 0.25) is 11.8 Å². The van der Waals surface area contributed by atoms with Crippen molar-refractivity contribution in [2.24, 2.45) is 0 Å². The van der Waals surface area contributed by atoms with Gasteiger partial charge in [-0.1, -0.05) is 6.92 Å². The van der Waals surface area contributed by atoms with Crippen LogP contribution in [0.25, 0.3) is 0 Å². The molecule has 1 heterocycles. The van der Waals surface area contributed by atoms with Gasteiger partial charge in [0.05, 0.1) is 13.1 Å². The van der Waals surface area contributed by atoms with E-state index in [-0.39, 0.29) is 5.91 Å².